The number of hydrogen-bond acceptors (Lipinski definition) is 4. The van der Waals surface area contributed by atoms with Crippen molar-refractivity contribution < 1.29 is 24.3 Å². The second-order valence-electron chi connectivity index (χ2n) is 5.89. The number of imide groups is 1. The molecule has 5 unspecified atom stereocenters. The van der Waals surface area contributed by atoms with Crippen molar-refractivity contribution in [3.05, 3.63) is 12.2 Å². The topological polar surface area (TPSA) is 104 Å². The minimum atomic E-state index is -1.17. The van der Waals surface area contributed by atoms with Crippen LogP contribution in [0.15, 0.2) is 12.2 Å². The van der Waals surface area contributed by atoms with Crippen molar-refractivity contribution in [2.24, 2.45) is 23.7 Å². The highest BCUT2D eigenvalue weighted by molar-refractivity contribution is 6.08. The zero-order valence-corrected chi connectivity index (χ0v) is 11.5. The van der Waals surface area contributed by atoms with Gasteiger partial charge in [-0.25, -0.2) is 0 Å². The van der Waals surface area contributed by atoms with Crippen LogP contribution in [0.3, 0.4) is 0 Å². The van der Waals surface area contributed by atoms with Crippen molar-refractivity contribution in [3.63, 3.8) is 0 Å². The molecular weight excluding hydrogens is 276 g/mol. The zero-order valence-electron chi connectivity index (χ0n) is 11.5. The molecule has 1 heterocycles. The molecule has 2 N–H and O–H groups in total. The Kier molecular flexibility index (Phi) is 3.07. The van der Waals surface area contributed by atoms with Gasteiger partial charge in [0.05, 0.1) is 11.8 Å². The number of carbonyl (C=O) groups is 4. The lowest BCUT2D eigenvalue weighted by Gasteiger charge is -2.17. The molecule has 0 aromatic carbocycles. The predicted molar refractivity (Wildman–Crippen MR) is 69.7 cm³/mol. The molecule has 0 spiro atoms. The second kappa shape index (κ2) is 4.68. The maximum absolute atomic E-state index is 12.3. The van der Waals surface area contributed by atoms with Gasteiger partial charge in [-0.05, 0) is 25.2 Å². The van der Waals surface area contributed by atoms with E-state index in [0.717, 1.165) is 11.3 Å². The Hall–Kier alpha value is -2.18. The summed E-state index contributed by atoms with van der Waals surface area (Å²) in [6.07, 6.45) is 4.79. The van der Waals surface area contributed by atoms with Gasteiger partial charge in [-0.15, -0.1) is 0 Å². The van der Waals surface area contributed by atoms with Gasteiger partial charge in [-0.3, -0.25) is 24.1 Å². The number of likely N-dealkylation sites (tertiary alicyclic amines) is 1. The molecule has 3 aliphatic rings. The van der Waals surface area contributed by atoms with Crippen LogP contribution >= 0.6 is 0 Å². The van der Waals surface area contributed by atoms with Crippen LogP contribution in [0.4, 0.5) is 0 Å². The third-order valence-corrected chi connectivity index (χ3v) is 4.61. The first-order chi connectivity index (χ1) is 9.90. The summed E-state index contributed by atoms with van der Waals surface area (Å²) in [6, 6.07) is -1.05. The van der Waals surface area contributed by atoms with Crippen molar-refractivity contribution >= 4 is 23.7 Å². The summed E-state index contributed by atoms with van der Waals surface area (Å²) in [7, 11) is 0. The number of carboxylic acids is 1. The molecule has 0 aromatic rings. The van der Waals surface area contributed by atoms with E-state index < -0.39 is 24.5 Å². The zero-order chi connectivity index (χ0) is 15.3. The Morgan fingerprint density at radius 1 is 1.29 bits per heavy atom. The fraction of sp³-hybridized carbons (Fsp3) is 0.571. The van der Waals surface area contributed by atoms with E-state index in [1.165, 1.54) is 6.92 Å². The largest absolute Gasteiger partial charge is 0.480 e. The van der Waals surface area contributed by atoms with Crippen molar-refractivity contribution in [2.45, 2.75) is 19.4 Å². The Bertz CT molecular complexity index is 540. The number of hydrogen-bond donors (Lipinski definition) is 2. The molecule has 7 heteroatoms. The molecule has 1 aliphatic heterocycles. The number of fused-ring (bicyclic) bond motifs is 5. The van der Waals surface area contributed by atoms with Gasteiger partial charge in [0.1, 0.15) is 12.6 Å². The maximum atomic E-state index is 12.3. The van der Waals surface area contributed by atoms with Crippen LogP contribution in [-0.4, -0.2) is 46.3 Å². The smallest absolute Gasteiger partial charge is 0.325 e. The van der Waals surface area contributed by atoms with Crippen molar-refractivity contribution in [2.75, 3.05) is 6.54 Å². The fourth-order valence-corrected chi connectivity index (χ4v) is 3.61. The molecule has 2 bridgehead atoms. The third kappa shape index (κ3) is 2.03. The lowest BCUT2D eigenvalue weighted by molar-refractivity contribution is -0.145. The number of amides is 3. The highest BCUT2D eigenvalue weighted by Crippen LogP contribution is 2.52. The van der Waals surface area contributed by atoms with Crippen molar-refractivity contribution in [1.29, 1.82) is 0 Å². The number of rotatable bonds is 4. The normalized spacial score (nSPS) is 34.2. The fourth-order valence-electron chi connectivity index (χ4n) is 3.61. The van der Waals surface area contributed by atoms with E-state index in [0.29, 0.717) is 0 Å². The Morgan fingerprint density at radius 3 is 2.29 bits per heavy atom. The maximum Gasteiger partial charge on any atom is 0.325 e. The molecular formula is C14H16N2O5. The van der Waals surface area contributed by atoms with E-state index in [-0.39, 0.29) is 35.5 Å². The van der Waals surface area contributed by atoms with Crippen LogP contribution < -0.4 is 5.32 Å². The van der Waals surface area contributed by atoms with E-state index in [1.807, 2.05) is 12.2 Å². The lowest BCUT2D eigenvalue weighted by Crippen LogP contribution is -2.46. The number of allylic oxidation sites excluding steroid dienone is 2. The monoisotopic (exact) mass is 292 g/mol. The van der Waals surface area contributed by atoms with Crippen LogP contribution in [0.5, 0.6) is 0 Å². The molecule has 2 aliphatic carbocycles. The molecule has 3 rings (SSSR count). The predicted octanol–water partition coefficient (Wildman–Crippen LogP) is -0.617. The SMILES string of the molecule is CC(NC(=O)CN1C(=O)C2C3C=CC(C3)C2C1=O)C(=O)O. The minimum Gasteiger partial charge on any atom is -0.480 e. The Morgan fingerprint density at radius 2 is 1.81 bits per heavy atom. The summed E-state index contributed by atoms with van der Waals surface area (Å²) < 4.78 is 0. The van der Waals surface area contributed by atoms with Crippen molar-refractivity contribution in [1.82, 2.24) is 10.2 Å². The summed E-state index contributed by atoms with van der Waals surface area (Å²) in [6.45, 7) is 0.925. The Labute approximate surface area is 121 Å². The van der Waals surface area contributed by atoms with Gasteiger partial charge in [-0.2, -0.15) is 0 Å². The van der Waals surface area contributed by atoms with Crippen molar-refractivity contribution in [3.8, 4) is 0 Å². The standard InChI is InChI=1S/C14H16N2O5/c1-6(14(20)21)15-9(17)5-16-12(18)10-7-2-3-8(4-7)11(10)13(16)19/h2-3,6-8,10-11H,4-5H2,1H3,(H,15,17)(H,20,21). The second-order valence-corrected chi connectivity index (χ2v) is 5.89. The average Bonchev–Trinajstić information content (AvgIpc) is 3.08. The lowest BCUT2D eigenvalue weighted by atomic mass is 9.85. The summed E-state index contributed by atoms with van der Waals surface area (Å²) in [5, 5.41) is 11.0. The van der Waals surface area contributed by atoms with Crippen LogP contribution in [0.2, 0.25) is 0 Å². The van der Waals surface area contributed by atoms with E-state index >= 15 is 0 Å². The number of carbonyl (C=O) groups excluding carboxylic acids is 3. The number of aliphatic carboxylic acids is 1. The molecule has 7 nitrogen and oxygen atoms in total. The van der Waals surface area contributed by atoms with E-state index in [4.69, 9.17) is 5.11 Å². The minimum absolute atomic E-state index is 0.0995. The van der Waals surface area contributed by atoms with Gasteiger partial charge in [0.15, 0.2) is 0 Å². The molecule has 2 fully saturated rings. The van der Waals surface area contributed by atoms with Gasteiger partial charge in [0.25, 0.3) is 0 Å². The summed E-state index contributed by atoms with van der Waals surface area (Å²) in [5.74, 6) is -2.88. The highest BCUT2D eigenvalue weighted by Gasteiger charge is 2.59. The first kappa shape index (κ1) is 13.8. The molecule has 1 saturated carbocycles. The third-order valence-electron chi connectivity index (χ3n) is 4.61. The molecule has 112 valence electrons. The quantitative estimate of drug-likeness (QED) is 0.531. The number of nitrogens with one attached hydrogen (secondary N) is 1. The van der Waals surface area contributed by atoms with Gasteiger partial charge in [0.2, 0.25) is 17.7 Å². The van der Waals surface area contributed by atoms with Gasteiger partial charge in [-0.1, -0.05) is 12.2 Å². The summed E-state index contributed by atoms with van der Waals surface area (Å²) in [5.41, 5.74) is 0. The van der Waals surface area contributed by atoms with Crippen LogP contribution in [0, 0.1) is 23.7 Å². The van der Waals surface area contributed by atoms with E-state index in [9.17, 15) is 19.2 Å². The van der Waals surface area contributed by atoms with Gasteiger partial charge >= 0.3 is 5.97 Å². The van der Waals surface area contributed by atoms with E-state index in [1.54, 1.807) is 0 Å². The summed E-state index contributed by atoms with van der Waals surface area (Å²) >= 11 is 0. The molecule has 3 amide bonds. The molecule has 0 radical (unpaired) electrons. The average molecular weight is 292 g/mol. The van der Waals surface area contributed by atoms with Crippen LogP contribution in [0.25, 0.3) is 0 Å². The molecule has 5 atom stereocenters. The first-order valence-corrected chi connectivity index (χ1v) is 6.96. The number of carboxylic acid groups (broad SMARTS) is 1. The van der Waals surface area contributed by atoms with E-state index in [2.05, 4.69) is 5.32 Å². The number of nitrogens with zero attached hydrogens (tertiary/aromatic N) is 1. The molecule has 1 saturated heterocycles. The van der Waals surface area contributed by atoms with Crippen LogP contribution in [0.1, 0.15) is 13.3 Å². The molecule has 0 aromatic heterocycles. The van der Waals surface area contributed by atoms with Gasteiger partial charge in [0, 0.05) is 0 Å². The summed E-state index contributed by atoms with van der Waals surface area (Å²) in [4.78, 5) is 48.1. The van der Waals surface area contributed by atoms with Crippen LogP contribution in [-0.2, 0) is 19.2 Å². The molecule has 21 heavy (non-hydrogen) atoms. The highest BCUT2D eigenvalue weighted by atomic mass is 16.4. The van der Waals surface area contributed by atoms with Gasteiger partial charge < -0.3 is 10.4 Å². The Balaban J connectivity index is 1.68. The first-order valence-electron chi connectivity index (χ1n) is 6.96.